The van der Waals surface area contributed by atoms with E-state index in [0.717, 1.165) is 16.3 Å². The van der Waals surface area contributed by atoms with Crippen LogP contribution in [0.3, 0.4) is 0 Å². The summed E-state index contributed by atoms with van der Waals surface area (Å²) in [4.78, 5) is 0.324. The molecule has 0 aliphatic carbocycles. The first-order valence-corrected chi connectivity index (χ1v) is 10.5. The fourth-order valence-electron chi connectivity index (χ4n) is 3.72. The molecule has 1 fully saturated rings. The molecule has 1 aromatic heterocycles. The lowest BCUT2D eigenvalue weighted by molar-refractivity contribution is 0.0730. The highest BCUT2D eigenvalue weighted by Crippen LogP contribution is 2.26. The summed E-state index contributed by atoms with van der Waals surface area (Å²) in [6, 6.07) is 14.4. The van der Waals surface area contributed by atoms with E-state index in [0.29, 0.717) is 49.1 Å². The maximum Gasteiger partial charge on any atom is 0.246 e. The van der Waals surface area contributed by atoms with Gasteiger partial charge < -0.3 is 4.74 Å². The molecule has 142 valence electrons. The quantitative estimate of drug-likeness (QED) is 0.693. The van der Waals surface area contributed by atoms with Crippen LogP contribution in [0.4, 0.5) is 0 Å². The van der Waals surface area contributed by atoms with Gasteiger partial charge in [0.2, 0.25) is 10.0 Å². The third kappa shape index (κ3) is 3.26. The van der Waals surface area contributed by atoms with Gasteiger partial charge in [-0.15, -0.1) is 0 Å². The summed E-state index contributed by atoms with van der Waals surface area (Å²) in [7, 11) is -3.57. The molecule has 0 radical (unpaired) electrons. The van der Waals surface area contributed by atoms with E-state index in [1.165, 1.54) is 4.31 Å². The minimum Gasteiger partial charge on any atom is -0.379 e. The molecular weight excluding hydrogens is 362 g/mol. The van der Waals surface area contributed by atoms with Crippen molar-refractivity contribution in [2.45, 2.75) is 25.3 Å². The van der Waals surface area contributed by atoms with Gasteiger partial charge in [-0.1, -0.05) is 42.5 Å². The van der Waals surface area contributed by atoms with Crippen molar-refractivity contribution in [3.8, 4) is 0 Å². The van der Waals surface area contributed by atoms with Crippen molar-refractivity contribution in [3.05, 3.63) is 59.4 Å². The van der Waals surface area contributed by atoms with E-state index in [1.54, 1.807) is 11.6 Å². The number of aromatic nitrogens is 2. The number of benzene rings is 2. The Labute approximate surface area is 159 Å². The van der Waals surface area contributed by atoms with Gasteiger partial charge in [-0.2, -0.15) is 9.40 Å². The Bertz CT molecular complexity index is 1080. The van der Waals surface area contributed by atoms with Crippen molar-refractivity contribution >= 4 is 20.8 Å². The summed E-state index contributed by atoms with van der Waals surface area (Å²) in [5.41, 5.74) is 2.33. The number of sulfonamides is 1. The van der Waals surface area contributed by atoms with Gasteiger partial charge >= 0.3 is 0 Å². The standard InChI is InChI=1S/C20H23N3O3S/c1-15-20(27(24,25)22-10-12-26-13-11-22)16(2)23(21-15)14-18-8-5-7-17-6-3-4-9-19(17)18/h3-9H,10-14H2,1-2H3. The van der Waals surface area contributed by atoms with E-state index >= 15 is 0 Å². The molecule has 1 aliphatic heterocycles. The third-order valence-corrected chi connectivity index (χ3v) is 7.23. The maximum absolute atomic E-state index is 13.1. The van der Waals surface area contributed by atoms with E-state index in [1.807, 2.05) is 25.1 Å². The van der Waals surface area contributed by atoms with Gasteiger partial charge in [0, 0.05) is 13.1 Å². The van der Waals surface area contributed by atoms with Crippen LogP contribution in [0.5, 0.6) is 0 Å². The number of aryl methyl sites for hydroxylation is 1. The molecule has 0 amide bonds. The zero-order chi connectivity index (χ0) is 19.0. The number of morpholine rings is 1. The summed E-state index contributed by atoms with van der Waals surface area (Å²) < 4.78 is 34.8. The number of rotatable bonds is 4. The molecule has 1 saturated heterocycles. The first-order valence-electron chi connectivity index (χ1n) is 9.07. The lowest BCUT2D eigenvalue weighted by atomic mass is 10.0. The van der Waals surface area contributed by atoms with Crippen LogP contribution in [-0.4, -0.2) is 48.8 Å². The van der Waals surface area contributed by atoms with Crippen LogP contribution >= 0.6 is 0 Å². The third-order valence-electron chi connectivity index (χ3n) is 5.08. The van der Waals surface area contributed by atoms with E-state index in [-0.39, 0.29) is 0 Å². The Balaban J connectivity index is 1.73. The van der Waals surface area contributed by atoms with Crippen molar-refractivity contribution < 1.29 is 13.2 Å². The van der Waals surface area contributed by atoms with E-state index in [9.17, 15) is 8.42 Å². The summed E-state index contributed by atoms with van der Waals surface area (Å²) in [6.07, 6.45) is 0. The minimum absolute atomic E-state index is 0.324. The zero-order valence-corrected chi connectivity index (χ0v) is 16.4. The molecule has 2 heterocycles. The molecular formula is C20H23N3O3S. The number of nitrogens with zero attached hydrogens (tertiary/aromatic N) is 3. The SMILES string of the molecule is Cc1nn(Cc2cccc3ccccc23)c(C)c1S(=O)(=O)N1CCOCC1. The second kappa shape index (κ2) is 7.07. The van der Waals surface area contributed by atoms with Gasteiger partial charge in [-0.25, -0.2) is 8.42 Å². The fourth-order valence-corrected chi connectivity index (χ4v) is 5.50. The van der Waals surface area contributed by atoms with Gasteiger partial charge in [0.15, 0.2) is 0 Å². The average molecular weight is 385 g/mol. The second-order valence-corrected chi connectivity index (χ2v) is 8.69. The number of hydrogen-bond donors (Lipinski definition) is 0. The van der Waals surface area contributed by atoms with Crippen LogP contribution in [0.2, 0.25) is 0 Å². The van der Waals surface area contributed by atoms with Crippen LogP contribution in [0.25, 0.3) is 10.8 Å². The molecule has 0 unspecified atom stereocenters. The van der Waals surface area contributed by atoms with Gasteiger partial charge in [-0.3, -0.25) is 4.68 Å². The predicted octanol–water partition coefficient (Wildman–Crippen LogP) is 2.72. The number of ether oxygens (including phenoxy) is 1. The molecule has 0 spiro atoms. The van der Waals surface area contributed by atoms with E-state index in [4.69, 9.17) is 4.74 Å². The molecule has 0 N–H and O–H groups in total. The van der Waals surface area contributed by atoms with Crippen molar-refractivity contribution in [3.63, 3.8) is 0 Å². The second-order valence-electron chi connectivity index (χ2n) is 6.81. The van der Waals surface area contributed by atoms with Crippen molar-refractivity contribution in [1.82, 2.24) is 14.1 Å². The van der Waals surface area contributed by atoms with Crippen molar-refractivity contribution in [2.75, 3.05) is 26.3 Å². The lowest BCUT2D eigenvalue weighted by Gasteiger charge is -2.26. The first kappa shape index (κ1) is 18.2. The topological polar surface area (TPSA) is 64.4 Å². The number of fused-ring (bicyclic) bond motifs is 1. The highest BCUT2D eigenvalue weighted by Gasteiger charge is 2.32. The summed E-state index contributed by atoms with van der Waals surface area (Å²) in [6.45, 7) is 5.76. The molecule has 2 aromatic carbocycles. The van der Waals surface area contributed by atoms with Gasteiger partial charge in [0.05, 0.1) is 31.1 Å². The van der Waals surface area contributed by atoms with Crippen LogP contribution in [0.15, 0.2) is 47.4 Å². The Kier molecular flexibility index (Phi) is 4.75. The molecule has 3 aromatic rings. The fraction of sp³-hybridized carbons (Fsp3) is 0.350. The molecule has 27 heavy (non-hydrogen) atoms. The average Bonchev–Trinajstić information content (AvgIpc) is 2.96. The number of hydrogen-bond acceptors (Lipinski definition) is 4. The molecule has 1 aliphatic rings. The Hall–Kier alpha value is -2.22. The molecule has 7 heteroatoms. The van der Waals surface area contributed by atoms with E-state index in [2.05, 4.69) is 29.4 Å². The molecule has 4 rings (SSSR count). The normalized spacial score (nSPS) is 16.1. The van der Waals surface area contributed by atoms with Crippen LogP contribution in [-0.2, 0) is 21.3 Å². The predicted molar refractivity (Wildman–Crippen MR) is 104 cm³/mol. The zero-order valence-electron chi connectivity index (χ0n) is 15.6. The molecule has 0 bridgehead atoms. The highest BCUT2D eigenvalue weighted by atomic mass is 32.2. The van der Waals surface area contributed by atoms with Crippen molar-refractivity contribution in [2.24, 2.45) is 0 Å². The largest absolute Gasteiger partial charge is 0.379 e. The summed E-state index contributed by atoms with van der Waals surface area (Å²) in [5.74, 6) is 0. The Morgan fingerprint density at radius 1 is 1.04 bits per heavy atom. The Morgan fingerprint density at radius 3 is 2.52 bits per heavy atom. The van der Waals surface area contributed by atoms with Crippen LogP contribution in [0.1, 0.15) is 17.0 Å². The van der Waals surface area contributed by atoms with Gasteiger partial charge in [0.1, 0.15) is 4.90 Å². The molecule has 0 atom stereocenters. The van der Waals surface area contributed by atoms with Crippen LogP contribution in [0, 0.1) is 13.8 Å². The maximum atomic E-state index is 13.1. The van der Waals surface area contributed by atoms with Crippen molar-refractivity contribution in [1.29, 1.82) is 0 Å². The smallest absolute Gasteiger partial charge is 0.246 e. The monoisotopic (exact) mass is 385 g/mol. The highest BCUT2D eigenvalue weighted by molar-refractivity contribution is 7.89. The van der Waals surface area contributed by atoms with Gasteiger partial charge in [0.25, 0.3) is 0 Å². The summed E-state index contributed by atoms with van der Waals surface area (Å²) in [5, 5.41) is 6.88. The Morgan fingerprint density at radius 2 is 1.74 bits per heavy atom. The first-order chi connectivity index (χ1) is 13.0. The molecule has 6 nitrogen and oxygen atoms in total. The summed E-state index contributed by atoms with van der Waals surface area (Å²) >= 11 is 0. The molecule has 0 saturated carbocycles. The lowest BCUT2D eigenvalue weighted by Crippen LogP contribution is -2.41. The minimum atomic E-state index is -3.57. The van der Waals surface area contributed by atoms with Gasteiger partial charge in [-0.05, 0) is 30.2 Å². The van der Waals surface area contributed by atoms with E-state index < -0.39 is 10.0 Å². The van der Waals surface area contributed by atoms with Crippen LogP contribution < -0.4 is 0 Å².